The molecule has 27 heavy (non-hydrogen) atoms. The van der Waals surface area contributed by atoms with Gasteiger partial charge in [-0.1, -0.05) is 0 Å². The van der Waals surface area contributed by atoms with Crippen LogP contribution in [0.3, 0.4) is 0 Å². The monoisotopic (exact) mass is 385 g/mol. The van der Waals surface area contributed by atoms with E-state index in [1.165, 1.54) is 22.8 Å². The SMILES string of the molecule is CC(=O)N(C)C1CCN(C(=O)c2cc(N)n3nc(-c4nccs4)nc3c2)C1. The largest absolute Gasteiger partial charge is 0.384 e. The molecule has 0 bridgehead atoms. The first kappa shape index (κ1) is 17.4. The van der Waals surface area contributed by atoms with Crippen molar-refractivity contribution in [3.8, 4) is 10.8 Å². The first-order chi connectivity index (χ1) is 12.9. The van der Waals surface area contributed by atoms with E-state index in [9.17, 15) is 9.59 Å². The highest BCUT2D eigenvalue weighted by molar-refractivity contribution is 7.13. The van der Waals surface area contributed by atoms with Crippen LogP contribution in [-0.4, -0.2) is 67.4 Å². The van der Waals surface area contributed by atoms with Gasteiger partial charge in [0.05, 0.1) is 6.04 Å². The number of nitrogen functional groups attached to an aromatic ring is 1. The summed E-state index contributed by atoms with van der Waals surface area (Å²) in [5, 5.41) is 6.91. The van der Waals surface area contributed by atoms with E-state index in [1.807, 2.05) is 5.38 Å². The summed E-state index contributed by atoms with van der Waals surface area (Å²) in [5.41, 5.74) is 7.06. The molecule has 4 rings (SSSR count). The Balaban J connectivity index is 1.60. The predicted octanol–water partition coefficient (Wildman–Crippen LogP) is 1.13. The molecular formula is C17H19N7O2S. The smallest absolute Gasteiger partial charge is 0.254 e. The zero-order chi connectivity index (χ0) is 19.1. The van der Waals surface area contributed by atoms with Crippen LogP contribution in [0.5, 0.6) is 0 Å². The molecule has 3 aromatic rings. The fourth-order valence-corrected chi connectivity index (χ4v) is 3.80. The number of anilines is 1. The third-order valence-corrected chi connectivity index (χ3v) is 5.60. The van der Waals surface area contributed by atoms with E-state index in [4.69, 9.17) is 5.73 Å². The van der Waals surface area contributed by atoms with Crippen LogP contribution in [0.1, 0.15) is 23.7 Å². The molecular weight excluding hydrogens is 366 g/mol. The molecule has 0 spiro atoms. The summed E-state index contributed by atoms with van der Waals surface area (Å²) in [6, 6.07) is 3.33. The van der Waals surface area contributed by atoms with Crippen molar-refractivity contribution in [1.82, 2.24) is 29.4 Å². The molecule has 0 aliphatic carbocycles. The van der Waals surface area contributed by atoms with Crippen LogP contribution in [0.4, 0.5) is 5.82 Å². The van der Waals surface area contributed by atoms with Crippen LogP contribution in [0, 0.1) is 0 Å². The van der Waals surface area contributed by atoms with Gasteiger partial charge >= 0.3 is 0 Å². The summed E-state index contributed by atoms with van der Waals surface area (Å²) in [7, 11) is 1.77. The van der Waals surface area contributed by atoms with Gasteiger partial charge in [-0.2, -0.15) is 4.52 Å². The molecule has 1 aliphatic rings. The van der Waals surface area contributed by atoms with Crippen molar-refractivity contribution in [3.63, 3.8) is 0 Å². The molecule has 2 N–H and O–H groups in total. The van der Waals surface area contributed by atoms with Crippen LogP contribution in [0.25, 0.3) is 16.5 Å². The predicted molar refractivity (Wildman–Crippen MR) is 101 cm³/mol. The van der Waals surface area contributed by atoms with Gasteiger partial charge in [0.15, 0.2) is 10.7 Å². The lowest BCUT2D eigenvalue weighted by molar-refractivity contribution is -0.129. The highest BCUT2D eigenvalue weighted by Gasteiger charge is 2.30. The van der Waals surface area contributed by atoms with Crippen molar-refractivity contribution in [1.29, 1.82) is 0 Å². The van der Waals surface area contributed by atoms with Crippen LogP contribution in [-0.2, 0) is 4.79 Å². The quantitative estimate of drug-likeness (QED) is 0.724. The van der Waals surface area contributed by atoms with Gasteiger partial charge in [-0.15, -0.1) is 16.4 Å². The van der Waals surface area contributed by atoms with Crippen molar-refractivity contribution < 1.29 is 9.59 Å². The fraction of sp³-hybridized carbons (Fsp3) is 0.353. The number of likely N-dealkylation sites (N-methyl/N-ethyl adjacent to an activating group) is 1. The number of hydrogen-bond acceptors (Lipinski definition) is 7. The molecule has 10 heteroatoms. The number of nitrogens with two attached hydrogens (primary N) is 1. The maximum atomic E-state index is 12.9. The minimum absolute atomic E-state index is 0.00172. The topological polar surface area (TPSA) is 110 Å². The number of likely N-dealkylation sites (tertiary alicyclic amines) is 1. The Bertz CT molecular complexity index is 1010. The van der Waals surface area contributed by atoms with E-state index in [1.54, 1.807) is 35.2 Å². The standard InChI is InChI=1S/C17H19N7O2S/c1-10(25)22(2)12-3-5-23(9-12)17(26)11-7-13(18)24-14(8-11)20-15(21-24)16-19-4-6-27-16/h4,6-8,12H,3,5,9,18H2,1-2H3. The highest BCUT2D eigenvalue weighted by atomic mass is 32.1. The first-order valence-corrected chi connectivity index (χ1v) is 9.41. The number of carbonyl (C=O) groups excluding carboxylic acids is 2. The van der Waals surface area contributed by atoms with Gasteiger partial charge in [-0.3, -0.25) is 9.59 Å². The first-order valence-electron chi connectivity index (χ1n) is 8.53. The van der Waals surface area contributed by atoms with Crippen LogP contribution in [0.15, 0.2) is 23.7 Å². The summed E-state index contributed by atoms with van der Waals surface area (Å²) in [5.74, 6) is 0.689. The number of nitrogens with zero attached hydrogens (tertiary/aromatic N) is 6. The van der Waals surface area contributed by atoms with Crippen molar-refractivity contribution in [2.45, 2.75) is 19.4 Å². The molecule has 9 nitrogen and oxygen atoms in total. The number of fused-ring (bicyclic) bond motifs is 1. The molecule has 4 heterocycles. The van der Waals surface area contributed by atoms with Crippen LogP contribution >= 0.6 is 11.3 Å². The second kappa shape index (κ2) is 6.62. The fourth-order valence-electron chi connectivity index (χ4n) is 3.24. The van der Waals surface area contributed by atoms with Crippen molar-refractivity contribution in [2.24, 2.45) is 0 Å². The van der Waals surface area contributed by atoms with Gasteiger partial charge in [0, 0.05) is 44.2 Å². The number of aromatic nitrogens is 4. The number of amides is 2. The van der Waals surface area contributed by atoms with Gasteiger partial charge in [0.1, 0.15) is 5.82 Å². The average molecular weight is 385 g/mol. The Labute approximate surface area is 159 Å². The van der Waals surface area contributed by atoms with Crippen molar-refractivity contribution >= 4 is 34.6 Å². The van der Waals surface area contributed by atoms with Gasteiger partial charge in [-0.05, 0) is 18.6 Å². The minimum Gasteiger partial charge on any atom is -0.384 e. The average Bonchev–Trinajstić information content (AvgIpc) is 3.38. The van der Waals surface area contributed by atoms with Crippen LogP contribution < -0.4 is 5.73 Å². The molecule has 3 aromatic heterocycles. The Morgan fingerprint density at radius 1 is 1.37 bits per heavy atom. The zero-order valence-corrected chi connectivity index (χ0v) is 15.8. The van der Waals surface area contributed by atoms with E-state index in [-0.39, 0.29) is 17.9 Å². The molecule has 2 amide bonds. The third-order valence-electron chi connectivity index (χ3n) is 4.83. The molecule has 1 unspecified atom stereocenters. The third kappa shape index (κ3) is 3.12. The maximum absolute atomic E-state index is 12.9. The zero-order valence-electron chi connectivity index (χ0n) is 15.0. The Morgan fingerprint density at radius 2 is 2.19 bits per heavy atom. The molecule has 1 saturated heterocycles. The normalized spacial score (nSPS) is 16.8. The summed E-state index contributed by atoms with van der Waals surface area (Å²) in [6.45, 7) is 2.64. The molecule has 1 fully saturated rings. The molecule has 1 atom stereocenters. The minimum atomic E-state index is -0.123. The molecule has 1 aliphatic heterocycles. The Kier molecular flexibility index (Phi) is 4.27. The summed E-state index contributed by atoms with van der Waals surface area (Å²) >= 11 is 1.44. The summed E-state index contributed by atoms with van der Waals surface area (Å²) in [6.07, 6.45) is 2.45. The molecule has 140 valence electrons. The van der Waals surface area contributed by atoms with E-state index < -0.39 is 0 Å². The van der Waals surface area contributed by atoms with E-state index in [2.05, 4.69) is 15.1 Å². The maximum Gasteiger partial charge on any atom is 0.254 e. The molecule has 0 radical (unpaired) electrons. The van der Waals surface area contributed by atoms with E-state index >= 15 is 0 Å². The second-order valence-corrected chi connectivity index (χ2v) is 7.43. The summed E-state index contributed by atoms with van der Waals surface area (Å²) in [4.78, 5) is 36.5. The highest BCUT2D eigenvalue weighted by Crippen LogP contribution is 2.23. The van der Waals surface area contributed by atoms with Gasteiger partial charge in [-0.25, -0.2) is 9.97 Å². The number of pyridine rings is 1. The number of hydrogen-bond donors (Lipinski definition) is 1. The lowest BCUT2D eigenvalue weighted by Crippen LogP contribution is -2.38. The molecule has 0 aromatic carbocycles. The van der Waals surface area contributed by atoms with Gasteiger partial charge in [0.2, 0.25) is 11.7 Å². The lowest BCUT2D eigenvalue weighted by Gasteiger charge is -2.23. The Morgan fingerprint density at radius 3 is 2.89 bits per heavy atom. The lowest BCUT2D eigenvalue weighted by atomic mass is 10.2. The molecule has 0 saturated carbocycles. The summed E-state index contributed by atoms with van der Waals surface area (Å²) < 4.78 is 1.50. The number of thiazole rings is 1. The number of rotatable bonds is 3. The van der Waals surface area contributed by atoms with Crippen molar-refractivity contribution in [2.75, 3.05) is 25.9 Å². The van der Waals surface area contributed by atoms with E-state index in [0.29, 0.717) is 41.0 Å². The van der Waals surface area contributed by atoms with Crippen molar-refractivity contribution in [3.05, 3.63) is 29.3 Å². The van der Waals surface area contributed by atoms with Gasteiger partial charge in [0.25, 0.3) is 5.91 Å². The van der Waals surface area contributed by atoms with Crippen LogP contribution in [0.2, 0.25) is 0 Å². The number of carbonyl (C=O) groups is 2. The second-order valence-electron chi connectivity index (χ2n) is 6.54. The van der Waals surface area contributed by atoms with E-state index in [0.717, 1.165) is 6.42 Å². The Hall–Kier alpha value is -3.01. The van der Waals surface area contributed by atoms with Gasteiger partial charge < -0.3 is 15.5 Å².